The molecule has 7 aromatic heterocycles. The molecule has 0 spiro atoms. The van der Waals surface area contributed by atoms with Gasteiger partial charge in [-0.25, -0.2) is 81.2 Å². The van der Waals surface area contributed by atoms with Gasteiger partial charge in [0.05, 0.1) is 30.3 Å². The Kier molecular flexibility index (Phi) is 42.1. The second kappa shape index (κ2) is 53.8. The minimum absolute atomic E-state index is 0.0329. The van der Waals surface area contributed by atoms with Crippen molar-refractivity contribution in [2.45, 2.75) is 196 Å². The summed E-state index contributed by atoms with van der Waals surface area (Å²) in [5.74, 6) is 3.19. The number of aliphatic hydroxyl groups is 2. The lowest BCUT2D eigenvalue weighted by molar-refractivity contribution is 0.263. The number of hydrogen-bond acceptors (Lipinski definition) is 26. The zero-order valence-corrected chi connectivity index (χ0v) is 78.3. The molecular formula is C102H124F6N24O2. The molecule has 32 heteroatoms. The second-order valence-corrected chi connectivity index (χ2v) is 33.6. The summed E-state index contributed by atoms with van der Waals surface area (Å²) in [6, 6.07) is 63.8. The van der Waals surface area contributed by atoms with Crippen LogP contribution in [0.2, 0.25) is 0 Å². The fourth-order valence-corrected chi connectivity index (χ4v) is 12.7. The smallest absolute Gasteiger partial charge is 0.222 e. The van der Waals surface area contributed by atoms with E-state index in [1.807, 2.05) is 157 Å². The first kappa shape index (κ1) is 105. The van der Waals surface area contributed by atoms with Gasteiger partial charge in [0.2, 0.25) is 29.7 Å². The molecule has 0 fully saturated rings. The van der Waals surface area contributed by atoms with Gasteiger partial charge >= 0.3 is 0 Å². The Bertz CT molecular complexity index is 5780. The van der Waals surface area contributed by atoms with Gasteiger partial charge < -0.3 is 65.5 Å². The highest BCUT2D eigenvalue weighted by Gasteiger charge is 2.19. The van der Waals surface area contributed by atoms with Crippen molar-refractivity contribution < 1.29 is 36.6 Å². The molecule has 2 atom stereocenters. The van der Waals surface area contributed by atoms with Crippen LogP contribution >= 0.6 is 0 Å². The van der Waals surface area contributed by atoms with Crippen LogP contribution in [0.4, 0.5) is 85.2 Å². The SMILES string of the molecule is CC(C)c1cc(C[C@@H](CO)c2ccccc2)nc(N)n1.CC(C)c1cc(C[C@@H](CO)c2ccccc2)nc(N)n1.CC(C)c1cc(NCc2ccc(F)c(F)c2)nc(N)n1.CC(C)c1cc(NCc2ccc(F)c(F)c2)ncn1.CC(C)c1cc(NCc2ccc(F)cc2)nc(N)n1.CC(C)c1cc(NCc2ccc(F)cc2)ncn1.CC(C)c1cc(NCc2ccccc2)nc(N)n1. The molecule has 706 valence electrons. The summed E-state index contributed by atoms with van der Waals surface area (Å²) >= 11 is 0. The van der Waals surface area contributed by atoms with Gasteiger partial charge in [-0.2, -0.15) is 15.0 Å². The van der Waals surface area contributed by atoms with Crippen LogP contribution < -0.4 is 55.3 Å². The van der Waals surface area contributed by atoms with Gasteiger partial charge in [-0.15, -0.1) is 0 Å². The summed E-state index contributed by atoms with van der Waals surface area (Å²) < 4.78 is 77.3. The summed E-state index contributed by atoms with van der Waals surface area (Å²) in [5.41, 5.74) is 43.5. The van der Waals surface area contributed by atoms with E-state index in [1.54, 1.807) is 36.7 Å². The first-order chi connectivity index (χ1) is 64.0. The van der Waals surface area contributed by atoms with Crippen molar-refractivity contribution in [3.05, 3.63) is 356 Å². The lowest BCUT2D eigenvalue weighted by Crippen LogP contribution is -2.11. The number of nitrogens with two attached hydrogens (primary N) is 5. The van der Waals surface area contributed by atoms with Crippen molar-refractivity contribution in [2.24, 2.45) is 0 Å². The second-order valence-electron chi connectivity index (χ2n) is 33.6. The van der Waals surface area contributed by atoms with Crippen LogP contribution in [0.25, 0.3) is 0 Å². The summed E-state index contributed by atoms with van der Waals surface area (Å²) in [6.45, 7) is 31.6. The molecule has 0 aliphatic heterocycles. The molecule has 0 aliphatic rings. The lowest BCUT2D eigenvalue weighted by atomic mass is 9.94. The molecule has 14 rings (SSSR count). The zero-order chi connectivity index (χ0) is 97.3. The Balaban J connectivity index is 0.000000192. The monoisotopic (exact) mass is 1830 g/mol. The number of rotatable bonds is 30. The molecule has 0 unspecified atom stereocenters. The third kappa shape index (κ3) is 36.7. The Morgan fingerprint density at radius 2 is 0.507 bits per heavy atom. The van der Waals surface area contributed by atoms with Crippen LogP contribution in [0.3, 0.4) is 0 Å². The van der Waals surface area contributed by atoms with Gasteiger partial charge in [0, 0.05) is 109 Å². The number of aliphatic hydroxyl groups excluding tert-OH is 2. The van der Waals surface area contributed by atoms with Crippen molar-refractivity contribution in [3.63, 3.8) is 0 Å². The molecule has 26 nitrogen and oxygen atoms in total. The van der Waals surface area contributed by atoms with Gasteiger partial charge in [0.15, 0.2) is 23.3 Å². The highest BCUT2D eigenvalue weighted by molar-refractivity contribution is 5.46. The van der Waals surface area contributed by atoms with Gasteiger partial charge in [0.25, 0.3) is 0 Å². The molecular weight excluding hydrogens is 1710 g/mol. The minimum Gasteiger partial charge on any atom is -0.396 e. The average Bonchev–Trinajstić information content (AvgIpc) is 0.965. The number of halogens is 6. The summed E-state index contributed by atoms with van der Waals surface area (Å²) in [7, 11) is 0. The standard InChI is InChI=1S/2C16H21N3O.C14H16F2N4.C14H15F2N3.C14H17FN4.C14H16FN3.C14H18N4/c2*1-11(2)15-9-14(18-16(17)19-15)8-13(10-20)12-6-4-3-5-7-12;1-8(2)12-6-13(20-14(17)19-12)18-7-9-3-4-10(15)11(16)5-9;1-9(2)13-6-14(19-8-18-13)17-7-10-3-4-11(15)12(16)5-10;1-9(2)12-7-13(19-14(16)18-12)17-8-10-3-5-11(15)6-4-10;1-10(2)13-7-14(18-9-17-13)16-8-11-3-5-12(15)6-4-11;1-10(2)12-8-13(18-14(15)17-12)16-9-11-6-4-3-5-7-11/h2*3-7,9,11,13,20H,8,10H2,1-2H3,(H2,17,18,19);3-6,8H,7H2,1-2H3,(H3,17,18,19,20);3-6,8-9H,7H2,1-2H3,(H,17,18,19);3-7,9H,8H2,1-2H3,(H3,16,17,18,19);3-7,9-10H,8H2,1-2H3,(H,16,17,18);3-8,10H,9H2,1-2H3,(H3,15,16,17,18)/t2*13-;;;;;/m00...../s1. The van der Waals surface area contributed by atoms with E-state index in [2.05, 4.69) is 164 Å². The van der Waals surface area contributed by atoms with Crippen molar-refractivity contribution in [3.8, 4) is 0 Å². The first-order valence-electron chi connectivity index (χ1n) is 44.3. The molecule has 14 aromatic rings. The normalized spacial score (nSPS) is 11.3. The fraction of sp³-hybridized carbons (Fsp3) is 0.314. The van der Waals surface area contributed by atoms with Crippen LogP contribution in [0.1, 0.15) is 240 Å². The molecule has 17 N–H and O–H groups in total. The molecule has 134 heavy (non-hydrogen) atoms. The predicted molar refractivity (Wildman–Crippen MR) is 523 cm³/mol. The molecule has 0 bridgehead atoms. The molecule has 0 radical (unpaired) electrons. The van der Waals surface area contributed by atoms with E-state index in [1.165, 1.54) is 54.4 Å². The molecule has 7 heterocycles. The van der Waals surface area contributed by atoms with E-state index in [0.29, 0.717) is 115 Å². The quantitative estimate of drug-likeness (QED) is 0.0186. The van der Waals surface area contributed by atoms with Gasteiger partial charge in [-0.3, -0.25) is 0 Å². The highest BCUT2D eigenvalue weighted by Crippen LogP contribution is 2.28. The van der Waals surface area contributed by atoms with E-state index in [4.69, 9.17) is 28.7 Å². The summed E-state index contributed by atoms with van der Waals surface area (Å²) in [5, 5.41) is 34.9. The number of nitrogens with one attached hydrogen (secondary N) is 5. The molecule has 0 aliphatic carbocycles. The van der Waals surface area contributed by atoms with Gasteiger partial charge in [-0.05, 0) is 154 Å². The maximum absolute atomic E-state index is 13.1. The Hall–Kier alpha value is -14.4. The largest absolute Gasteiger partial charge is 0.396 e. The maximum Gasteiger partial charge on any atom is 0.222 e. The lowest BCUT2D eigenvalue weighted by Gasteiger charge is -2.15. The molecule has 0 saturated heterocycles. The molecule has 0 saturated carbocycles. The Morgan fingerprint density at radius 3 is 0.799 bits per heavy atom. The third-order valence-electron chi connectivity index (χ3n) is 20.3. The first-order valence-corrected chi connectivity index (χ1v) is 44.3. The van der Waals surface area contributed by atoms with Crippen molar-refractivity contribution in [1.29, 1.82) is 0 Å². The fourth-order valence-electron chi connectivity index (χ4n) is 12.7. The molecule has 7 aromatic carbocycles. The Labute approximate surface area is 781 Å². The van der Waals surface area contributed by atoms with E-state index in [0.717, 1.165) is 110 Å². The van der Waals surface area contributed by atoms with Crippen LogP contribution in [-0.2, 0) is 45.6 Å². The van der Waals surface area contributed by atoms with E-state index in [-0.39, 0.29) is 60.4 Å². The number of benzene rings is 7. The van der Waals surface area contributed by atoms with Crippen LogP contribution in [0.5, 0.6) is 0 Å². The van der Waals surface area contributed by atoms with Crippen LogP contribution in [0, 0.1) is 34.9 Å². The summed E-state index contributed by atoms with van der Waals surface area (Å²) in [4.78, 5) is 58.6. The van der Waals surface area contributed by atoms with Crippen molar-refractivity contribution in [1.82, 2.24) is 69.8 Å². The van der Waals surface area contributed by atoms with Gasteiger partial charge in [0.1, 0.15) is 53.4 Å². The van der Waals surface area contributed by atoms with Crippen LogP contribution in [0.15, 0.2) is 231 Å². The van der Waals surface area contributed by atoms with E-state index in [9.17, 15) is 36.6 Å². The number of aromatic nitrogens is 14. The Morgan fingerprint density at radius 1 is 0.254 bits per heavy atom. The van der Waals surface area contributed by atoms with Crippen molar-refractivity contribution >= 4 is 58.8 Å². The average molecular weight is 1830 g/mol. The number of anilines is 10. The maximum atomic E-state index is 13.1. The number of nitrogen functional groups attached to an aromatic ring is 5. The number of hydrogen-bond donors (Lipinski definition) is 12. The van der Waals surface area contributed by atoms with E-state index >= 15 is 0 Å². The highest BCUT2D eigenvalue weighted by atomic mass is 19.2. The van der Waals surface area contributed by atoms with Crippen LogP contribution in [-0.4, -0.2) is 93.2 Å². The molecule has 0 amide bonds. The minimum atomic E-state index is -0.866. The van der Waals surface area contributed by atoms with E-state index < -0.39 is 23.3 Å². The number of nitrogens with zero attached hydrogens (tertiary/aromatic N) is 14. The topological polar surface area (TPSA) is 411 Å². The predicted octanol–water partition coefficient (Wildman–Crippen LogP) is 20.6. The van der Waals surface area contributed by atoms with Gasteiger partial charge in [-0.1, -0.05) is 224 Å². The third-order valence-corrected chi connectivity index (χ3v) is 20.3. The zero-order valence-electron chi connectivity index (χ0n) is 78.3. The van der Waals surface area contributed by atoms with Crippen molar-refractivity contribution in [2.75, 3.05) is 68.5 Å². The summed E-state index contributed by atoms with van der Waals surface area (Å²) in [6.07, 6.45) is 4.37.